The summed E-state index contributed by atoms with van der Waals surface area (Å²) in [7, 11) is 3.02. The van der Waals surface area contributed by atoms with Gasteiger partial charge in [-0.3, -0.25) is 14.2 Å². The smallest absolute Gasteiger partial charge is 0.352 e. The number of amides is 1. The zero-order valence-corrected chi connectivity index (χ0v) is 20.6. The minimum atomic E-state index is -0.522. The summed E-state index contributed by atoms with van der Waals surface area (Å²) < 4.78 is 14.4. The highest BCUT2D eigenvalue weighted by Crippen LogP contribution is 2.29. The van der Waals surface area contributed by atoms with E-state index in [1.54, 1.807) is 42.5 Å². The molecular weight excluding hydrogens is 474 g/mol. The van der Waals surface area contributed by atoms with Gasteiger partial charge in [-0.1, -0.05) is 42.0 Å². The lowest BCUT2D eigenvalue weighted by atomic mass is 10.1. The monoisotopic (exact) mass is 499 g/mol. The summed E-state index contributed by atoms with van der Waals surface area (Å²) in [6.07, 6.45) is 0. The third-order valence-corrected chi connectivity index (χ3v) is 6.11. The third-order valence-electron chi connectivity index (χ3n) is 6.11. The fourth-order valence-electron chi connectivity index (χ4n) is 4.24. The van der Waals surface area contributed by atoms with Crippen LogP contribution in [-0.2, 0) is 17.9 Å². The zero-order chi connectivity index (χ0) is 26.1. The number of carbonyl (C=O) groups is 1. The topological polar surface area (TPSA) is 109 Å². The molecule has 2 aromatic heterocycles. The number of ether oxygens (including phenoxy) is 2. The molecule has 0 unspecified atom stereocenters. The van der Waals surface area contributed by atoms with Crippen molar-refractivity contribution in [3.63, 3.8) is 0 Å². The van der Waals surface area contributed by atoms with Crippen LogP contribution >= 0.6 is 0 Å². The van der Waals surface area contributed by atoms with Gasteiger partial charge in [0.25, 0.3) is 5.56 Å². The van der Waals surface area contributed by atoms with Crippen molar-refractivity contribution in [2.45, 2.75) is 20.0 Å². The largest absolute Gasteiger partial charge is 0.493 e. The van der Waals surface area contributed by atoms with E-state index in [4.69, 9.17) is 9.47 Å². The minimum Gasteiger partial charge on any atom is -0.493 e. The summed E-state index contributed by atoms with van der Waals surface area (Å²) in [4.78, 5) is 39.7. The van der Waals surface area contributed by atoms with Gasteiger partial charge in [-0.15, -0.1) is 5.10 Å². The van der Waals surface area contributed by atoms with E-state index in [-0.39, 0.29) is 24.4 Å². The normalized spacial score (nSPS) is 11.1. The number of aryl methyl sites for hydroxylation is 1. The maximum atomic E-state index is 13.4. The van der Waals surface area contributed by atoms with E-state index >= 15 is 0 Å². The number of para-hydroxylation sites is 1. The fraction of sp³-hybridized carbons (Fsp3) is 0.185. The molecule has 0 aliphatic rings. The van der Waals surface area contributed by atoms with Gasteiger partial charge in [-0.25, -0.2) is 13.9 Å². The van der Waals surface area contributed by atoms with Gasteiger partial charge in [0.1, 0.15) is 6.54 Å². The zero-order valence-electron chi connectivity index (χ0n) is 20.6. The van der Waals surface area contributed by atoms with Crippen LogP contribution < -0.4 is 26.0 Å². The Morgan fingerprint density at radius 1 is 0.946 bits per heavy atom. The molecule has 10 heteroatoms. The lowest BCUT2D eigenvalue weighted by molar-refractivity contribution is -0.117. The predicted octanol–water partition coefficient (Wildman–Crippen LogP) is 2.82. The number of nitrogens with one attached hydrogen (secondary N) is 1. The first-order valence-electron chi connectivity index (χ1n) is 11.6. The van der Waals surface area contributed by atoms with Crippen molar-refractivity contribution in [2.75, 3.05) is 19.5 Å². The Labute approximate surface area is 211 Å². The van der Waals surface area contributed by atoms with E-state index in [1.165, 1.54) is 23.2 Å². The van der Waals surface area contributed by atoms with Gasteiger partial charge in [-0.2, -0.15) is 0 Å². The summed E-state index contributed by atoms with van der Waals surface area (Å²) in [5.74, 6) is 0.676. The Morgan fingerprint density at radius 3 is 2.41 bits per heavy atom. The average Bonchev–Trinajstić information content (AvgIpc) is 3.22. The molecule has 37 heavy (non-hydrogen) atoms. The predicted molar refractivity (Wildman–Crippen MR) is 140 cm³/mol. The molecule has 0 saturated carbocycles. The van der Waals surface area contributed by atoms with Crippen LogP contribution in [0.1, 0.15) is 11.1 Å². The van der Waals surface area contributed by atoms with Gasteiger partial charge < -0.3 is 14.8 Å². The lowest BCUT2D eigenvalue weighted by Crippen LogP contribution is -2.29. The van der Waals surface area contributed by atoms with Crippen LogP contribution in [0.4, 0.5) is 5.69 Å². The number of fused-ring (bicyclic) bond motifs is 3. The first kappa shape index (κ1) is 23.9. The number of nitrogens with zero attached hydrogens (tertiary/aromatic N) is 4. The Bertz CT molecular complexity index is 1750. The van der Waals surface area contributed by atoms with Gasteiger partial charge in [0.2, 0.25) is 11.7 Å². The minimum absolute atomic E-state index is 0.160. The number of aromatic nitrogens is 4. The summed E-state index contributed by atoms with van der Waals surface area (Å²) in [6.45, 7) is 1.86. The van der Waals surface area contributed by atoms with Crippen LogP contribution in [0.5, 0.6) is 11.5 Å². The molecule has 0 spiro atoms. The van der Waals surface area contributed by atoms with E-state index in [9.17, 15) is 14.4 Å². The van der Waals surface area contributed by atoms with Crippen molar-refractivity contribution in [3.05, 3.63) is 98.7 Å². The van der Waals surface area contributed by atoms with Gasteiger partial charge in [-0.05, 0) is 36.8 Å². The van der Waals surface area contributed by atoms with E-state index in [0.717, 1.165) is 15.8 Å². The molecule has 0 bridgehead atoms. The van der Waals surface area contributed by atoms with Crippen molar-refractivity contribution >= 4 is 28.3 Å². The molecule has 1 N–H and O–H groups in total. The van der Waals surface area contributed by atoms with Crippen molar-refractivity contribution in [1.29, 1.82) is 0 Å². The maximum absolute atomic E-state index is 13.4. The summed E-state index contributed by atoms with van der Waals surface area (Å²) >= 11 is 0. The second-order valence-electron chi connectivity index (χ2n) is 8.59. The number of hydrogen-bond acceptors (Lipinski definition) is 6. The van der Waals surface area contributed by atoms with Crippen LogP contribution in [0.3, 0.4) is 0 Å². The highest BCUT2D eigenvalue weighted by Gasteiger charge is 2.19. The Kier molecular flexibility index (Phi) is 6.22. The summed E-state index contributed by atoms with van der Waals surface area (Å²) in [5.41, 5.74) is 2.10. The van der Waals surface area contributed by atoms with Crippen molar-refractivity contribution < 1.29 is 14.3 Å². The second kappa shape index (κ2) is 9.65. The molecule has 5 rings (SSSR count). The molecule has 5 aromatic rings. The van der Waals surface area contributed by atoms with E-state index in [1.807, 2.05) is 31.2 Å². The molecule has 0 aliphatic heterocycles. The van der Waals surface area contributed by atoms with Crippen molar-refractivity contribution in [3.8, 4) is 11.5 Å². The van der Waals surface area contributed by atoms with E-state index < -0.39 is 11.6 Å². The quantitative estimate of drug-likeness (QED) is 0.369. The number of anilines is 1. The molecule has 2 heterocycles. The van der Waals surface area contributed by atoms with Gasteiger partial charge in [0, 0.05) is 11.8 Å². The number of rotatable bonds is 7. The first-order chi connectivity index (χ1) is 17.9. The molecule has 0 fully saturated rings. The Morgan fingerprint density at radius 2 is 1.68 bits per heavy atom. The highest BCUT2D eigenvalue weighted by atomic mass is 16.5. The average molecular weight is 500 g/mol. The van der Waals surface area contributed by atoms with Gasteiger partial charge >= 0.3 is 5.69 Å². The highest BCUT2D eigenvalue weighted by molar-refractivity contribution is 5.91. The molecular formula is C27H25N5O5. The first-order valence-corrected chi connectivity index (χ1v) is 11.6. The molecule has 0 saturated heterocycles. The molecule has 188 valence electrons. The number of methoxy groups -OCH3 is 2. The van der Waals surface area contributed by atoms with Gasteiger partial charge in [0.05, 0.1) is 31.7 Å². The number of benzene rings is 3. The molecule has 3 aromatic carbocycles. The van der Waals surface area contributed by atoms with Crippen LogP contribution in [0.2, 0.25) is 0 Å². The summed E-state index contributed by atoms with van der Waals surface area (Å²) in [5, 5.41) is 7.54. The number of hydrogen-bond donors (Lipinski definition) is 1. The maximum Gasteiger partial charge on any atom is 0.352 e. The van der Waals surface area contributed by atoms with E-state index in [0.29, 0.717) is 28.1 Å². The van der Waals surface area contributed by atoms with Crippen LogP contribution in [0.25, 0.3) is 16.7 Å². The fourth-order valence-corrected chi connectivity index (χ4v) is 4.24. The van der Waals surface area contributed by atoms with Crippen LogP contribution in [0, 0.1) is 6.92 Å². The SMILES string of the molecule is COc1ccc(NC(=O)Cn2nc3n(Cc4ccc(C)cc4)c(=O)c4ccccc4n3c2=O)cc1OC. The molecule has 0 aliphatic carbocycles. The standard InChI is InChI=1S/C27H25N5O5/c1-17-8-10-18(11-9-17)15-30-25(34)20-6-4-5-7-21(20)32-26(30)29-31(27(32)35)16-24(33)28-19-12-13-22(36-2)23(14-19)37-3/h4-14H,15-16H2,1-3H3,(H,28,33). The van der Waals surface area contributed by atoms with Crippen LogP contribution in [-0.4, -0.2) is 38.9 Å². The van der Waals surface area contributed by atoms with Crippen LogP contribution in [0.15, 0.2) is 76.3 Å². The van der Waals surface area contributed by atoms with Crippen molar-refractivity contribution in [1.82, 2.24) is 18.7 Å². The van der Waals surface area contributed by atoms with Crippen molar-refractivity contribution in [2.24, 2.45) is 0 Å². The second-order valence-corrected chi connectivity index (χ2v) is 8.59. The molecule has 1 amide bonds. The molecule has 0 atom stereocenters. The molecule has 0 radical (unpaired) electrons. The lowest BCUT2D eigenvalue weighted by Gasteiger charge is -2.10. The third kappa shape index (κ3) is 4.44. The molecule has 10 nitrogen and oxygen atoms in total. The van der Waals surface area contributed by atoms with E-state index in [2.05, 4.69) is 10.4 Å². The Balaban J connectivity index is 1.55. The Hall–Kier alpha value is -4.86. The number of carbonyl (C=O) groups excluding carboxylic acids is 1. The summed E-state index contributed by atoms with van der Waals surface area (Å²) in [6, 6.07) is 19.6. The van der Waals surface area contributed by atoms with Gasteiger partial charge in [0.15, 0.2) is 11.5 Å².